The highest BCUT2D eigenvalue weighted by atomic mass is 33.1. The first-order chi connectivity index (χ1) is 11.7. The number of alkyl carbamates (subject to hydrolysis) is 1. The summed E-state index contributed by atoms with van der Waals surface area (Å²) < 4.78 is 5.26. The molecule has 0 aromatic carbocycles. The van der Waals surface area contributed by atoms with E-state index < -0.39 is 12.1 Å². The Hall–Kier alpha value is -0.600. The first-order valence-corrected chi connectivity index (χ1v) is 11.2. The van der Waals surface area contributed by atoms with E-state index in [0.717, 1.165) is 25.9 Å². The molecule has 1 heterocycles. The van der Waals surface area contributed by atoms with E-state index in [1.165, 1.54) is 0 Å². The first-order valence-electron chi connectivity index (χ1n) is 8.92. The van der Waals surface area contributed by atoms with Crippen LogP contribution in [0.2, 0.25) is 0 Å². The maximum Gasteiger partial charge on any atom is 0.407 e. The van der Waals surface area contributed by atoms with Crippen molar-refractivity contribution in [3.63, 3.8) is 0 Å². The molecule has 1 rings (SSSR count). The van der Waals surface area contributed by atoms with E-state index in [-0.39, 0.29) is 22.6 Å². The molecule has 1 atom stereocenters. The second-order valence-corrected chi connectivity index (χ2v) is 10.9. The van der Waals surface area contributed by atoms with Crippen molar-refractivity contribution in [1.29, 1.82) is 0 Å². The van der Waals surface area contributed by atoms with Gasteiger partial charge in [0.1, 0.15) is 6.04 Å². The first kappa shape index (κ1) is 22.4. The molecule has 25 heavy (non-hydrogen) atoms. The molecule has 1 fully saturated rings. The highest BCUT2D eigenvalue weighted by molar-refractivity contribution is 8.77. The van der Waals surface area contributed by atoms with Crippen LogP contribution in [0.1, 0.15) is 47.5 Å². The Morgan fingerprint density at radius 2 is 1.88 bits per heavy atom. The predicted octanol–water partition coefficient (Wildman–Crippen LogP) is 2.79. The van der Waals surface area contributed by atoms with Crippen LogP contribution in [0, 0.1) is 5.92 Å². The third kappa shape index (κ3) is 10.9. The molecule has 0 aromatic rings. The Bertz CT molecular complexity index is 422. The fraction of sp³-hybridized carbons (Fsp3) is 0.882. The Morgan fingerprint density at radius 3 is 2.44 bits per heavy atom. The summed E-state index contributed by atoms with van der Waals surface area (Å²) in [5.74, 6) is 0.643. The van der Waals surface area contributed by atoms with Crippen LogP contribution < -0.4 is 16.0 Å². The molecule has 0 spiro atoms. The number of carbonyl (C=O) groups excluding carboxylic acids is 2. The van der Waals surface area contributed by atoms with Gasteiger partial charge in [-0.15, -0.1) is 0 Å². The smallest absolute Gasteiger partial charge is 0.407 e. The van der Waals surface area contributed by atoms with Crippen molar-refractivity contribution < 1.29 is 14.3 Å². The van der Waals surface area contributed by atoms with E-state index in [2.05, 4.69) is 36.7 Å². The Morgan fingerprint density at radius 1 is 1.24 bits per heavy atom. The van der Waals surface area contributed by atoms with E-state index in [1.807, 2.05) is 13.8 Å². The summed E-state index contributed by atoms with van der Waals surface area (Å²) in [6.45, 7) is 12.5. The Labute approximate surface area is 159 Å². The molecule has 146 valence electrons. The predicted molar refractivity (Wildman–Crippen MR) is 107 cm³/mol. The standard InChI is InChI=1S/C17H33N3O3S2/c1-12(2)10-23-16(22)20-14(11-24-25-17(3,4)5)15(21)19-13-6-8-18-9-7-13/h12-14,18H,6-11H2,1-5H3,(H,19,21)(H,20,22). The molecule has 1 unspecified atom stereocenters. The molecule has 0 saturated carbocycles. The lowest BCUT2D eigenvalue weighted by Crippen LogP contribution is -2.52. The summed E-state index contributed by atoms with van der Waals surface area (Å²) in [5.41, 5.74) is 0. The van der Waals surface area contributed by atoms with Gasteiger partial charge >= 0.3 is 6.09 Å². The molecule has 6 nitrogen and oxygen atoms in total. The molecule has 0 radical (unpaired) electrons. The average Bonchev–Trinajstić information content (AvgIpc) is 2.51. The van der Waals surface area contributed by atoms with Gasteiger partial charge in [-0.05, 0) is 31.8 Å². The zero-order valence-electron chi connectivity index (χ0n) is 16.0. The number of hydrogen-bond donors (Lipinski definition) is 3. The van der Waals surface area contributed by atoms with Gasteiger partial charge in [0.2, 0.25) is 5.91 Å². The van der Waals surface area contributed by atoms with Gasteiger partial charge in [-0.25, -0.2) is 4.79 Å². The van der Waals surface area contributed by atoms with Gasteiger partial charge in [0.05, 0.1) is 6.61 Å². The van der Waals surface area contributed by atoms with Crippen LogP contribution in [-0.4, -0.2) is 54.3 Å². The van der Waals surface area contributed by atoms with E-state index in [4.69, 9.17) is 4.74 Å². The molecular formula is C17H33N3O3S2. The van der Waals surface area contributed by atoms with E-state index in [0.29, 0.717) is 12.4 Å². The fourth-order valence-corrected chi connectivity index (χ4v) is 4.62. The van der Waals surface area contributed by atoms with Crippen LogP contribution in [0.15, 0.2) is 0 Å². The van der Waals surface area contributed by atoms with Gasteiger partial charge in [-0.3, -0.25) is 4.79 Å². The third-order valence-electron chi connectivity index (χ3n) is 3.39. The zero-order valence-corrected chi connectivity index (χ0v) is 17.6. The van der Waals surface area contributed by atoms with Crippen LogP contribution in [0.25, 0.3) is 0 Å². The number of hydrogen-bond acceptors (Lipinski definition) is 6. The molecule has 1 saturated heterocycles. The average molecular weight is 392 g/mol. The summed E-state index contributed by atoms with van der Waals surface area (Å²) in [6, 6.07) is -0.417. The SMILES string of the molecule is CC(C)COC(=O)NC(CSSC(C)(C)C)C(=O)NC1CCNCC1. The molecule has 0 aromatic heterocycles. The van der Waals surface area contributed by atoms with Gasteiger partial charge < -0.3 is 20.7 Å². The van der Waals surface area contributed by atoms with Crippen molar-refractivity contribution in [3.8, 4) is 0 Å². The van der Waals surface area contributed by atoms with Gasteiger partial charge in [-0.1, -0.05) is 56.2 Å². The van der Waals surface area contributed by atoms with Crippen LogP contribution in [0.5, 0.6) is 0 Å². The number of carbonyl (C=O) groups is 2. The number of amides is 2. The number of nitrogens with one attached hydrogen (secondary N) is 3. The summed E-state index contributed by atoms with van der Waals surface area (Å²) in [5, 5.41) is 9.07. The maximum atomic E-state index is 12.6. The van der Waals surface area contributed by atoms with Gasteiger partial charge in [0.25, 0.3) is 0 Å². The van der Waals surface area contributed by atoms with E-state index in [9.17, 15) is 9.59 Å². The molecule has 1 aliphatic rings. The molecule has 0 bridgehead atoms. The largest absolute Gasteiger partial charge is 0.449 e. The highest BCUT2D eigenvalue weighted by Gasteiger charge is 2.26. The lowest BCUT2D eigenvalue weighted by atomic mass is 10.1. The minimum absolute atomic E-state index is 0.0961. The van der Waals surface area contributed by atoms with Crippen molar-refractivity contribution in [2.75, 3.05) is 25.4 Å². The minimum Gasteiger partial charge on any atom is -0.449 e. The zero-order chi connectivity index (χ0) is 18.9. The van der Waals surface area contributed by atoms with Crippen LogP contribution in [0.3, 0.4) is 0 Å². The van der Waals surface area contributed by atoms with Crippen molar-refractivity contribution in [1.82, 2.24) is 16.0 Å². The maximum absolute atomic E-state index is 12.6. The lowest BCUT2D eigenvalue weighted by molar-refractivity contribution is -0.123. The molecule has 2 amide bonds. The van der Waals surface area contributed by atoms with Crippen molar-refractivity contribution >= 4 is 33.6 Å². The number of ether oxygens (including phenoxy) is 1. The summed E-state index contributed by atoms with van der Waals surface area (Å²) in [7, 11) is 3.30. The second-order valence-electron chi connectivity index (χ2n) is 7.70. The van der Waals surface area contributed by atoms with Crippen molar-refractivity contribution in [3.05, 3.63) is 0 Å². The van der Waals surface area contributed by atoms with Crippen molar-refractivity contribution in [2.45, 2.75) is 64.3 Å². The topological polar surface area (TPSA) is 79.5 Å². The van der Waals surface area contributed by atoms with Crippen LogP contribution in [-0.2, 0) is 9.53 Å². The Balaban J connectivity index is 2.55. The van der Waals surface area contributed by atoms with E-state index in [1.54, 1.807) is 21.6 Å². The van der Waals surface area contributed by atoms with Crippen LogP contribution >= 0.6 is 21.6 Å². The van der Waals surface area contributed by atoms with Crippen LogP contribution in [0.4, 0.5) is 4.79 Å². The quantitative estimate of drug-likeness (QED) is 0.552. The van der Waals surface area contributed by atoms with Gasteiger partial charge in [0.15, 0.2) is 0 Å². The van der Waals surface area contributed by atoms with Crippen molar-refractivity contribution in [2.24, 2.45) is 5.92 Å². The molecule has 8 heteroatoms. The molecule has 0 aliphatic carbocycles. The molecule has 1 aliphatic heterocycles. The molecular weight excluding hydrogens is 358 g/mol. The molecule has 3 N–H and O–H groups in total. The normalized spacial score (nSPS) is 17.2. The minimum atomic E-state index is -0.589. The second kappa shape index (κ2) is 11.2. The third-order valence-corrected chi connectivity index (χ3v) is 6.73. The Kier molecular flexibility index (Phi) is 10.0. The number of rotatable bonds is 8. The summed E-state index contributed by atoms with van der Waals surface area (Å²) >= 11 is 0. The fourth-order valence-electron chi connectivity index (χ4n) is 2.16. The summed E-state index contributed by atoms with van der Waals surface area (Å²) in [6.07, 6.45) is 1.31. The monoisotopic (exact) mass is 391 g/mol. The highest BCUT2D eigenvalue weighted by Crippen LogP contribution is 2.35. The van der Waals surface area contributed by atoms with E-state index >= 15 is 0 Å². The van der Waals surface area contributed by atoms with Gasteiger partial charge in [-0.2, -0.15) is 0 Å². The van der Waals surface area contributed by atoms with Gasteiger partial charge in [0, 0.05) is 16.5 Å². The summed E-state index contributed by atoms with van der Waals surface area (Å²) in [4.78, 5) is 24.6. The lowest BCUT2D eigenvalue weighted by Gasteiger charge is -2.26. The number of piperidine rings is 1.